The van der Waals surface area contributed by atoms with Gasteiger partial charge < -0.3 is 25.3 Å². The van der Waals surface area contributed by atoms with E-state index in [9.17, 15) is 24.6 Å². The number of rotatable bonds is 7. The first-order valence-corrected chi connectivity index (χ1v) is 13.0. The molecule has 2 fully saturated rings. The number of hydrogen-bond donors (Lipinski definition) is 3. The molecule has 1 aromatic carbocycles. The second kappa shape index (κ2) is 9.59. The number of benzene rings is 1. The summed E-state index contributed by atoms with van der Waals surface area (Å²) in [7, 11) is 0. The van der Waals surface area contributed by atoms with Crippen molar-refractivity contribution in [2.75, 3.05) is 6.54 Å². The van der Waals surface area contributed by atoms with Gasteiger partial charge in [0.25, 0.3) is 0 Å². The molecule has 4 rings (SSSR count). The third-order valence-electron chi connectivity index (χ3n) is 7.25. The molecule has 0 unspecified atom stereocenters. The van der Waals surface area contributed by atoms with Crippen LogP contribution in [0.15, 0.2) is 40.9 Å². The zero-order valence-electron chi connectivity index (χ0n) is 20.9. The lowest BCUT2D eigenvalue weighted by Gasteiger charge is -2.46. The van der Waals surface area contributed by atoms with Gasteiger partial charge in [0, 0.05) is 34.7 Å². The number of aliphatic hydroxyl groups is 1. The van der Waals surface area contributed by atoms with Gasteiger partial charge >= 0.3 is 5.97 Å². The highest BCUT2D eigenvalue weighted by molar-refractivity contribution is 8.03. The van der Waals surface area contributed by atoms with E-state index in [1.807, 2.05) is 62.9 Å². The summed E-state index contributed by atoms with van der Waals surface area (Å²) in [6.45, 7) is 10.7. The van der Waals surface area contributed by atoms with Crippen LogP contribution in [-0.4, -0.2) is 73.3 Å². The normalized spacial score (nSPS) is 29.1. The summed E-state index contributed by atoms with van der Waals surface area (Å²) in [5.41, 5.74) is 0.740. The fraction of sp³-hybridized carbons (Fsp3) is 0.577. The molecule has 3 heterocycles. The van der Waals surface area contributed by atoms with Crippen molar-refractivity contribution >= 4 is 29.5 Å². The van der Waals surface area contributed by atoms with Gasteiger partial charge in [-0.15, -0.1) is 11.8 Å². The molecule has 0 aliphatic carbocycles. The largest absolute Gasteiger partial charge is 0.477 e. The van der Waals surface area contributed by atoms with Gasteiger partial charge in [-0.3, -0.25) is 9.59 Å². The van der Waals surface area contributed by atoms with Crippen LogP contribution in [-0.2, 0) is 20.9 Å². The number of hydrogen-bond acceptors (Lipinski definition) is 6. The van der Waals surface area contributed by atoms with Gasteiger partial charge in [-0.2, -0.15) is 0 Å². The highest BCUT2D eigenvalue weighted by Gasteiger charge is 2.60. The molecule has 9 heteroatoms. The number of nitrogens with one attached hydrogen (secondary N) is 1. The monoisotopic (exact) mass is 501 g/mol. The lowest BCUT2D eigenvalue weighted by molar-refractivity contribution is -0.163. The maximum atomic E-state index is 13.6. The van der Waals surface area contributed by atoms with E-state index >= 15 is 0 Å². The molecule has 0 spiro atoms. The van der Waals surface area contributed by atoms with Gasteiger partial charge in [-0.05, 0) is 39.7 Å². The second-order valence-corrected chi connectivity index (χ2v) is 12.1. The third-order valence-corrected chi connectivity index (χ3v) is 8.76. The molecule has 0 bridgehead atoms. The predicted octanol–water partition coefficient (Wildman–Crippen LogP) is 2.43. The Bertz CT molecular complexity index is 1040. The first-order chi connectivity index (χ1) is 16.4. The number of thioether (sulfide) groups is 1. The van der Waals surface area contributed by atoms with Crippen molar-refractivity contribution in [1.82, 2.24) is 15.1 Å². The van der Waals surface area contributed by atoms with Crippen molar-refractivity contribution in [3.63, 3.8) is 0 Å². The fourth-order valence-electron chi connectivity index (χ4n) is 5.44. The van der Waals surface area contributed by atoms with E-state index in [1.54, 1.807) is 6.92 Å². The van der Waals surface area contributed by atoms with Crippen molar-refractivity contribution in [1.29, 1.82) is 0 Å². The van der Waals surface area contributed by atoms with Crippen molar-refractivity contribution in [2.45, 2.75) is 76.6 Å². The molecule has 2 amide bonds. The first-order valence-electron chi connectivity index (χ1n) is 12.2. The SMILES string of the molecule is C[C@@H](O)[C@H]1C(=O)N2C(C(=O)O)=C(S[C@@H]3CN[C@H](C(=O)N(Cc4ccccc4)C(C)(C)C)C3)[C@H](C)[C@H]12. The standard InChI is InChI=1S/C26H35N3O5S/c1-14-20-19(15(2)30)24(32)29(20)21(25(33)34)22(14)35-17-11-18(27-12-17)23(31)28(26(3,4)5)13-16-9-7-6-8-10-16/h6-10,14-15,17-20,27,30H,11-13H2,1-5H3,(H,33,34)/t14-,15-,17+,18+,19-,20-/m1/s1. The zero-order chi connectivity index (χ0) is 25.7. The van der Waals surface area contributed by atoms with E-state index in [-0.39, 0.29) is 46.3 Å². The van der Waals surface area contributed by atoms with Crippen molar-refractivity contribution in [2.24, 2.45) is 11.8 Å². The van der Waals surface area contributed by atoms with E-state index in [1.165, 1.54) is 16.7 Å². The molecule has 8 nitrogen and oxygen atoms in total. The molecule has 0 saturated carbocycles. The quantitative estimate of drug-likeness (QED) is 0.492. The maximum absolute atomic E-state index is 13.6. The molecule has 0 radical (unpaired) electrons. The number of fused-ring (bicyclic) bond motifs is 1. The van der Waals surface area contributed by atoms with Gasteiger partial charge in [0.05, 0.1) is 24.1 Å². The molecule has 3 aliphatic heterocycles. The maximum Gasteiger partial charge on any atom is 0.353 e. The van der Waals surface area contributed by atoms with Crippen molar-refractivity contribution in [3.05, 3.63) is 46.5 Å². The van der Waals surface area contributed by atoms with Crippen LogP contribution in [0.4, 0.5) is 0 Å². The van der Waals surface area contributed by atoms with E-state index in [4.69, 9.17) is 0 Å². The highest BCUT2D eigenvalue weighted by Crippen LogP contribution is 2.51. The van der Waals surface area contributed by atoms with Crippen LogP contribution in [0, 0.1) is 11.8 Å². The minimum absolute atomic E-state index is 0.00750. The minimum Gasteiger partial charge on any atom is -0.477 e. The molecule has 0 aromatic heterocycles. The number of carboxylic acids is 1. The van der Waals surface area contributed by atoms with E-state index in [2.05, 4.69) is 5.32 Å². The average Bonchev–Trinajstić information content (AvgIpc) is 3.33. The van der Waals surface area contributed by atoms with Gasteiger partial charge in [0.2, 0.25) is 11.8 Å². The van der Waals surface area contributed by atoms with E-state index in [0.717, 1.165) is 5.56 Å². The second-order valence-electron chi connectivity index (χ2n) is 10.8. The number of carboxylic acid groups (broad SMARTS) is 1. The smallest absolute Gasteiger partial charge is 0.353 e. The number of aliphatic carboxylic acids is 1. The molecule has 190 valence electrons. The van der Waals surface area contributed by atoms with Crippen LogP contribution in [0.1, 0.15) is 46.6 Å². The van der Waals surface area contributed by atoms with Crippen LogP contribution >= 0.6 is 11.8 Å². The van der Waals surface area contributed by atoms with Crippen LogP contribution in [0.5, 0.6) is 0 Å². The van der Waals surface area contributed by atoms with Gasteiger partial charge in [-0.25, -0.2) is 4.79 Å². The van der Waals surface area contributed by atoms with Crippen molar-refractivity contribution in [3.8, 4) is 0 Å². The number of aliphatic hydroxyl groups excluding tert-OH is 1. The number of nitrogens with zero attached hydrogens (tertiary/aromatic N) is 2. The number of amides is 2. The summed E-state index contributed by atoms with van der Waals surface area (Å²) in [5, 5.41) is 23.3. The first kappa shape index (κ1) is 25.7. The molecular weight excluding hydrogens is 466 g/mol. The molecule has 1 aromatic rings. The van der Waals surface area contributed by atoms with Gasteiger partial charge in [0.1, 0.15) is 5.70 Å². The summed E-state index contributed by atoms with van der Waals surface area (Å²) in [6, 6.07) is 9.23. The van der Waals surface area contributed by atoms with Crippen LogP contribution < -0.4 is 5.32 Å². The Morgan fingerprint density at radius 2 is 1.91 bits per heavy atom. The zero-order valence-corrected chi connectivity index (χ0v) is 21.7. The molecule has 35 heavy (non-hydrogen) atoms. The molecule has 2 saturated heterocycles. The Morgan fingerprint density at radius 1 is 1.26 bits per heavy atom. The summed E-state index contributed by atoms with van der Waals surface area (Å²) >= 11 is 1.46. The summed E-state index contributed by atoms with van der Waals surface area (Å²) in [5.74, 6) is -2.18. The Labute approximate surface area is 210 Å². The molecule has 3 aliphatic rings. The number of carbonyl (C=O) groups excluding carboxylic acids is 2. The summed E-state index contributed by atoms with van der Waals surface area (Å²) in [4.78, 5) is 42.1. The van der Waals surface area contributed by atoms with E-state index < -0.39 is 18.0 Å². The Morgan fingerprint density at radius 3 is 2.49 bits per heavy atom. The van der Waals surface area contributed by atoms with E-state index in [0.29, 0.717) is 24.4 Å². The third kappa shape index (κ3) is 4.73. The predicted molar refractivity (Wildman–Crippen MR) is 134 cm³/mol. The fourth-order valence-corrected chi connectivity index (χ4v) is 6.92. The molecule has 3 N–H and O–H groups in total. The summed E-state index contributed by atoms with van der Waals surface area (Å²) in [6.07, 6.45) is -0.249. The topological polar surface area (TPSA) is 110 Å². The highest BCUT2D eigenvalue weighted by atomic mass is 32.2. The minimum atomic E-state index is -1.13. The van der Waals surface area contributed by atoms with Crippen molar-refractivity contribution < 1.29 is 24.6 Å². The number of carbonyl (C=O) groups is 3. The Balaban J connectivity index is 1.48. The summed E-state index contributed by atoms with van der Waals surface area (Å²) < 4.78 is 0. The molecule has 6 atom stereocenters. The lowest BCUT2D eigenvalue weighted by atomic mass is 9.79. The Hall–Kier alpha value is -2.36. The Kier molecular flexibility index (Phi) is 7.05. The lowest BCUT2D eigenvalue weighted by Crippen LogP contribution is -2.63. The van der Waals surface area contributed by atoms with Gasteiger partial charge in [0.15, 0.2) is 0 Å². The van der Waals surface area contributed by atoms with Crippen LogP contribution in [0.25, 0.3) is 0 Å². The number of β-lactam (4-membered cyclic amide) rings is 1. The average molecular weight is 502 g/mol. The molecular formula is C26H35N3O5S. The van der Waals surface area contributed by atoms with Crippen LogP contribution in [0.2, 0.25) is 0 Å². The van der Waals surface area contributed by atoms with Crippen LogP contribution in [0.3, 0.4) is 0 Å². The van der Waals surface area contributed by atoms with Gasteiger partial charge in [-0.1, -0.05) is 37.3 Å².